The molecule has 0 unspecified atom stereocenters. The maximum absolute atomic E-state index is 13.4. The van der Waals surface area contributed by atoms with Crippen LogP contribution in [0, 0.1) is 11.7 Å². The van der Waals surface area contributed by atoms with Crippen LogP contribution in [-0.4, -0.2) is 19.8 Å². The highest BCUT2D eigenvalue weighted by Crippen LogP contribution is 2.20. The summed E-state index contributed by atoms with van der Waals surface area (Å²) in [4.78, 5) is 0. The molecule has 3 nitrogen and oxygen atoms in total. The summed E-state index contributed by atoms with van der Waals surface area (Å²) in [7, 11) is 0. The first-order valence-corrected chi connectivity index (χ1v) is 5.98. The quantitative estimate of drug-likeness (QED) is 0.875. The summed E-state index contributed by atoms with van der Waals surface area (Å²) in [6, 6.07) is 4.85. The van der Waals surface area contributed by atoms with Crippen molar-refractivity contribution in [2.24, 2.45) is 11.7 Å². The normalized spacial score (nSPS) is 17.1. The van der Waals surface area contributed by atoms with E-state index in [1.807, 2.05) is 0 Å². The van der Waals surface area contributed by atoms with Gasteiger partial charge in [-0.1, -0.05) is 6.07 Å². The van der Waals surface area contributed by atoms with E-state index in [2.05, 4.69) is 0 Å². The molecular formula is C13H18FNO2. The topological polar surface area (TPSA) is 44.5 Å². The van der Waals surface area contributed by atoms with Gasteiger partial charge in [0.2, 0.25) is 0 Å². The Morgan fingerprint density at radius 3 is 2.76 bits per heavy atom. The molecule has 4 heteroatoms. The first kappa shape index (κ1) is 12.3. The molecule has 0 spiro atoms. The lowest BCUT2D eigenvalue weighted by Crippen LogP contribution is -2.21. The monoisotopic (exact) mass is 239 g/mol. The molecule has 1 aliphatic heterocycles. The first-order valence-electron chi connectivity index (χ1n) is 5.98. The lowest BCUT2D eigenvalue weighted by atomic mass is 10.0. The van der Waals surface area contributed by atoms with E-state index in [9.17, 15) is 4.39 Å². The summed E-state index contributed by atoms with van der Waals surface area (Å²) in [5, 5.41) is 0. The Hall–Kier alpha value is -1.13. The Balaban J connectivity index is 1.87. The first-order chi connectivity index (χ1) is 8.29. The van der Waals surface area contributed by atoms with E-state index in [-0.39, 0.29) is 12.4 Å². The third kappa shape index (κ3) is 3.41. The fourth-order valence-corrected chi connectivity index (χ4v) is 1.91. The summed E-state index contributed by atoms with van der Waals surface area (Å²) in [6.07, 6.45) is 2.03. The van der Waals surface area contributed by atoms with E-state index in [4.69, 9.17) is 15.2 Å². The summed E-state index contributed by atoms with van der Waals surface area (Å²) >= 11 is 0. The molecule has 2 N–H and O–H groups in total. The van der Waals surface area contributed by atoms with Gasteiger partial charge in [-0.15, -0.1) is 0 Å². The van der Waals surface area contributed by atoms with Crippen LogP contribution in [0.4, 0.5) is 4.39 Å². The molecule has 1 aliphatic rings. The van der Waals surface area contributed by atoms with Crippen molar-refractivity contribution >= 4 is 0 Å². The minimum absolute atomic E-state index is 0.214. The fraction of sp³-hybridized carbons (Fsp3) is 0.538. The van der Waals surface area contributed by atoms with Crippen LogP contribution in [0.25, 0.3) is 0 Å². The van der Waals surface area contributed by atoms with E-state index in [1.54, 1.807) is 12.1 Å². The molecule has 1 fully saturated rings. The van der Waals surface area contributed by atoms with E-state index < -0.39 is 0 Å². The smallest absolute Gasteiger partial charge is 0.131 e. The van der Waals surface area contributed by atoms with Crippen molar-refractivity contribution in [2.45, 2.75) is 19.4 Å². The highest BCUT2D eigenvalue weighted by Gasteiger charge is 2.14. The van der Waals surface area contributed by atoms with Gasteiger partial charge in [-0.05, 0) is 24.8 Å². The molecule has 0 radical (unpaired) electrons. The lowest BCUT2D eigenvalue weighted by Gasteiger charge is -2.22. The minimum atomic E-state index is -0.294. The molecule has 1 aromatic rings. The molecule has 2 rings (SSSR count). The van der Waals surface area contributed by atoms with Gasteiger partial charge in [0, 0.05) is 31.4 Å². The Labute approximate surface area is 101 Å². The van der Waals surface area contributed by atoms with Crippen LogP contribution in [-0.2, 0) is 11.3 Å². The van der Waals surface area contributed by atoms with Crippen molar-refractivity contribution in [3.63, 3.8) is 0 Å². The zero-order valence-corrected chi connectivity index (χ0v) is 9.82. The van der Waals surface area contributed by atoms with Gasteiger partial charge in [0.05, 0.1) is 6.61 Å². The zero-order valence-electron chi connectivity index (χ0n) is 9.82. The largest absolute Gasteiger partial charge is 0.493 e. The molecule has 1 aromatic carbocycles. The standard InChI is InChI=1S/C13H18FNO2/c14-13-7-12(2-1-11(13)8-15)17-9-10-3-5-16-6-4-10/h1-2,7,10H,3-6,8-9,15H2. The Morgan fingerprint density at radius 1 is 1.35 bits per heavy atom. The highest BCUT2D eigenvalue weighted by atomic mass is 19.1. The highest BCUT2D eigenvalue weighted by molar-refractivity contribution is 5.28. The SMILES string of the molecule is NCc1ccc(OCC2CCOCC2)cc1F. The van der Waals surface area contributed by atoms with Gasteiger partial charge in [-0.3, -0.25) is 0 Å². The van der Waals surface area contributed by atoms with Crippen molar-refractivity contribution in [3.8, 4) is 5.75 Å². The molecule has 1 saturated heterocycles. The summed E-state index contributed by atoms with van der Waals surface area (Å²) in [5.41, 5.74) is 5.91. The summed E-state index contributed by atoms with van der Waals surface area (Å²) in [6.45, 7) is 2.44. The van der Waals surface area contributed by atoms with Crippen molar-refractivity contribution in [1.82, 2.24) is 0 Å². The maximum Gasteiger partial charge on any atom is 0.131 e. The molecule has 94 valence electrons. The third-order valence-electron chi connectivity index (χ3n) is 3.07. The van der Waals surface area contributed by atoms with Gasteiger partial charge in [0.25, 0.3) is 0 Å². The molecule has 0 aromatic heterocycles. The third-order valence-corrected chi connectivity index (χ3v) is 3.07. The van der Waals surface area contributed by atoms with Crippen LogP contribution in [0.3, 0.4) is 0 Å². The fourth-order valence-electron chi connectivity index (χ4n) is 1.91. The maximum atomic E-state index is 13.4. The molecule has 0 aliphatic carbocycles. The number of hydrogen-bond donors (Lipinski definition) is 1. The molecule has 0 saturated carbocycles. The van der Waals surface area contributed by atoms with E-state index >= 15 is 0 Å². The van der Waals surface area contributed by atoms with Crippen LogP contribution in [0.5, 0.6) is 5.75 Å². The Bertz CT molecular complexity index is 364. The van der Waals surface area contributed by atoms with Crippen LogP contribution in [0.15, 0.2) is 18.2 Å². The second kappa shape index (κ2) is 5.98. The number of benzene rings is 1. The van der Waals surface area contributed by atoms with Crippen LogP contribution in [0.1, 0.15) is 18.4 Å². The zero-order chi connectivity index (χ0) is 12.1. The average molecular weight is 239 g/mol. The van der Waals surface area contributed by atoms with Crippen molar-refractivity contribution < 1.29 is 13.9 Å². The Kier molecular flexibility index (Phi) is 4.34. The van der Waals surface area contributed by atoms with Crippen LogP contribution >= 0.6 is 0 Å². The second-order valence-electron chi connectivity index (χ2n) is 4.32. The van der Waals surface area contributed by atoms with Gasteiger partial charge in [0.1, 0.15) is 11.6 Å². The number of ether oxygens (including phenoxy) is 2. The van der Waals surface area contributed by atoms with Gasteiger partial charge in [0.15, 0.2) is 0 Å². The second-order valence-corrected chi connectivity index (χ2v) is 4.32. The van der Waals surface area contributed by atoms with Gasteiger partial charge in [-0.25, -0.2) is 4.39 Å². The van der Waals surface area contributed by atoms with Crippen molar-refractivity contribution in [3.05, 3.63) is 29.6 Å². The molecular weight excluding hydrogens is 221 g/mol. The average Bonchev–Trinajstić information content (AvgIpc) is 2.38. The molecule has 0 bridgehead atoms. The van der Waals surface area contributed by atoms with E-state index in [0.29, 0.717) is 23.8 Å². The number of hydrogen-bond acceptors (Lipinski definition) is 3. The predicted octanol–water partition coefficient (Wildman–Crippen LogP) is 2.09. The molecule has 0 amide bonds. The molecule has 0 atom stereocenters. The van der Waals surface area contributed by atoms with Crippen molar-refractivity contribution in [2.75, 3.05) is 19.8 Å². The minimum Gasteiger partial charge on any atom is -0.493 e. The van der Waals surface area contributed by atoms with Crippen LogP contribution < -0.4 is 10.5 Å². The van der Waals surface area contributed by atoms with Gasteiger partial charge >= 0.3 is 0 Å². The Morgan fingerprint density at radius 2 is 2.12 bits per heavy atom. The van der Waals surface area contributed by atoms with E-state index in [0.717, 1.165) is 26.1 Å². The predicted molar refractivity (Wildman–Crippen MR) is 63.3 cm³/mol. The van der Waals surface area contributed by atoms with E-state index in [1.165, 1.54) is 6.07 Å². The van der Waals surface area contributed by atoms with Gasteiger partial charge < -0.3 is 15.2 Å². The number of halogens is 1. The van der Waals surface area contributed by atoms with Gasteiger partial charge in [-0.2, -0.15) is 0 Å². The number of nitrogens with two attached hydrogens (primary N) is 1. The summed E-state index contributed by atoms with van der Waals surface area (Å²) < 4.78 is 24.3. The lowest BCUT2D eigenvalue weighted by molar-refractivity contribution is 0.0497. The number of rotatable bonds is 4. The summed E-state index contributed by atoms with van der Waals surface area (Å²) in [5.74, 6) is 0.796. The molecule has 17 heavy (non-hydrogen) atoms. The van der Waals surface area contributed by atoms with Crippen molar-refractivity contribution in [1.29, 1.82) is 0 Å². The molecule has 1 heterocycles. The van der Waals surface area contributed by atoms with Crippen LogP contribution in [0.2, 0.25) is 0 Å².